The van der Waals surface area contributed by atoms with Crippen LogP contribution in [0.2, 0.25) is 0 Å². The van der Waals surface area contributed by atoms with Crippen LogP contribution in [0.5, 0.6) is 0 Å². The van der Waals surface area contributed by atoms with E-state index in [2.05, 4.69) is 13.8 Å². The monoisotopic (exact) mass is 225 g/mol. The van der Waals surface area contributed by atoms with Crippen molar-refractivity contribution >= 4 is 5.69 Å². The van der Waals surface area contributed by atoms with Gasteiger partial charge in [-0.2, -0.15) is 0 Å². The highest BCUT2D eigenvalue weighted by atomic mass is 16.3. The molecule has 16 heavy (non-hydrogen) atoms. The van der Waals surface area contributed by atoms with Gasteiger partial charge in [0.2, 0.25) is 0 Å². The van der Waals surface area contributed by atoms with Gasteiger partial charge in [-0.15, -0.1) is 0 Å². The van der Waals surface area contributed by atoms with Gasteiger partial charge in [-0.25, -0.2) is 0 Å². The molecule has 0 heterocycles. The molecule has 1 saturated carbocycles. The second-order valence-electron chi connectivity index (χ2n) is 4.48. The van der Waals surface area contributed by atoms with Crippen LogP contribution in [0, 0.1) is 11.3 Å². The highest BCUT2D eigenvalue weighted by Gasteiger charge is 2.44. The first-order valence-corrected chi connectivity index (χ1v) is 5.42. The fourth-order valence-corrected chi connectivity index (χ4v) is 1.34. The first kappa shape index (κ1) is 14.9. The molecule has 0 saturated heterocycles. The van der Waals surface area contributed by atoms with E-state index in [4.69, 9.17) is 15.9 Å². The molecule has 3 nitrogen and oxygen atoms in total. The second-order valence-corrected chi connectivity index (χ2v) is 4.48. The average molecular weight is 225 g/mol. The molecule has 4 N–H and O–H groups in total. The number of hydrogen-bond donors (Lipinski definition) is 3. The van der Waals surface area contributed by atoms with Crippen LogP contribution in [0.1, 0.15) is 20.3 Å². The first-order chi connectivity index (χ1) is 7.56. The number of aliphatic hydroxyl groups is 2. The lowest BCUT2D eigenvalue weighted by atomic mass is 10.1. The highest BCUT2D eigenvalue weighted by molar-refractivity contribution is 5.35. The quantitative estimate of drug-likeness (QED) is 0.639. The van der Waals surface area contributed by atoms with Gasteiger partial charge in [-0.3, -0.25) is 0 Å². The minimum atomic E-state index is 0.382. The summed E-state index contributed by atoms with van der Waals surface area (Å²) >= 11 is 0. The summed E-state index contributed by atoms with van der Waals surface area (Å²) in [5, 5.41) is 15.5. The molecule has 1 aliphatic rings. The number of rotatable bonds is 1. The van der Waals surface area contributed by atoms with Gasteiger partial charge in [0.1, 0.15) is 0 Å². The van der Waals surface area contributed by atoms with Gasteiger partial charge in [0, 0.05) is 19.4 Å². The predicted octanol–water partition coefficient (Wildman–Crippen LogP) is 1.90. The summed E-state index contributed by atoms with van der Waals surface area (Å²) in [4.78, 5) is 0. The van der Waals surface area contributed by atoms with E-state index < -0.39 is 0 Å². The minimum Gasteiger partial charge on any atom is -0.400 e. The zero-order valence-corrected chi connectivity index (χ0v) is 10.4. The number of aliphatic hydroxyl groups excluding tert-OH is 2. The Morgan fingerprint density at radius 3 is 1.81 bits per heavy atom. The molecule has 1 unspecified atom stereocenters. The molecule has 1 aromatic carbocycles. The zero-order chi connectivity index (χ0) is 12.6. The molecule has 0 spiro atoms. The van der Waals surface area contributed by atoms with Gasteiger partial charge in [-0.1, -0.05) is 32.0 Å². The highest BCUT2D eigenvalue weighted by Crippen LogP contribution is 2.50. The van der Waals surface area contributed by atoms with Gasteiger partial charge in [0.05, 0.1) is 0 Å². The van der Waals surface area contributed by atoms with Gasteiger partial charge in [-0.05, 0) is 29.9 Å². The first-order valence-electron chi connectivity index (χ1n) is 5.42. The van der Waals surface area contributed by atoms with E-state index in [1.54, 1.807) is 0 Å². The van der Waals surface area contributed by atoms with E-state index in [1.807, 2.05) is 30.3 Å². The van der Waals surface area contributed by atoms with Gasteiger partial charge in [0.25, 0.3) is 0 Å². The minimum absolute atomic E-state index is 0.382. The van der Waals surface area contributed by atoms with Crippen molar-refractivity contribution in [2.24, 2.45) is 11.3 Å². The normalized spacial score (nSPS) is 19.7. The molecule has 0 amide bonds. The van der Waals surface area contributed by atoms with Crippen LogP contribution >= 0.6 is 0 Å². The Labute approximate surface area is 97.9 Å². The van der Waals surface area contributed by atoms with Crippen molar-refractivity contribution in [1.82, 2.24) is 0 Å². The van der Waals surface area contributed by atoms with Crippen LogP contribution < -0.4 is 5.73 Å². The maximum atomic E-state index is 8.54. The van der Waals surface area contributed by atoms with Crippen molar-refractivity contribution in [2.45, 2.75) is 20.3 Å². The van der Waals surface area contributed by atoms with Crippen LogP contribution in [0.3, 0.4) is 0 Å². The lowest BCUT2D eigenvalue weighted by Gasteiger charge is -1.95. The van der Waals surface area contributed by atoms with E-state index in [0.717, 1.165) is 12.8 Å². The maximum Gasteiger partial charge on any atom is 0.0464 e. The third-order valence-corrected chi connectivity index (χ3v) is 2.74. The SMILES string of the molecule is CC1(C)CC1CO.CO.Nc1ccccc1. The van der Waals surface area contributed by atoms with Gasteiger partial charge < -0.3 is 15.9 Å². The zero-order valence-electron chi connectivity index (χ0n) is 10.4. The standard InChI is InChI=1S/C6H7N.C6H12O.CH4O/c7-6-4-2-1-3-5-6;1-6(2)3-5(6)4-7;1-2/h1-5H,7H2;5,7H,3-4H2,1-2H3;2H,1H3. The van der Waals surface area contributed by atoms with Crippen LogP contribution in [0.25, 0.3) is 0 Å². The topological polar surface area (TPSA) is 66.5 Å². The molecule has 3 heteroatoms. The summed E-state index contributed by atoms with van der Waals surface area (Å²) in [6.07, 6.45) is 1.21. The van der Waals surface area contributed by atoms with Gasteiger partial charge in [0.15, 0.2) is 0 Å². The molecule has 1 fully saturated rings. The van der Waals surface area contributed by atoms with Crippen molar-refractivity contribution in [1.29, 1.82) is 0 Å². The summed E-state index contributed by atoms with van der Waals surface area (Å²) in [5.41, 5.74) is 6.65. The predicted molar refractivity (Wildman–Crippen MR) is 68.0 cm³/mol. The molecule has 1 aromatic rings. The van der Waals surface area contributed by atoms with Crippen molar-refractivity contribution in [3.8, 4) is 0 Å². The number of nitrogen functional groups attached to an aromatic ring is 1. The van der Waals surface area contributed by atoms with Crippen molar-refractivity contribution in [3.05, 3.63) is 30.3 Å². The Balaban J connectivity index is 0.000000244. The Morgan fingerprint density at radius 2 is 1.69 bits per heavy atom. The number of hydrogen-bond acceptors (Lipinski definition) is 3. The van der Waals surface area contributed by atoms with Crippen LogP contribution in [-0.2, 0) is 0 Å². The molecule has 0 aliphatic heterocycles. The number of para-hydroxylation sites is 1. The van der Waals surface area contributed by atoms with Crippen LogP contribution in [0.4, 0.5) is 5.69 Å². The fourth-order valence-electron chi connectivity index (χ4n) is 1.34. The Kier molecular flexibility index (Phi) is 6.77. The average Bonchev–Trinajstić information content (AvgIpc) is 2.92. The molecular weight excluding hydrogens is 202 g/mol. The number of benzene rings is 1. The molecule has 92 valence electrons. The summed E-state index contributed by atoms with van der Waals surface area (Å²) in [7, 11) is 1.00. The van der Waals surface area contributed by atoms with E-state index in [-0.39, 0.29) is 0 Å². The third-order valence-electron chi connectivity index (χ3n) is 2.74. The maximum absolute atomic E-state index is 8.54. The molecule has 1 atom stereocenters. The summed E-state index contributed by atoms with van der Waals surface area (Å²) in [5.74, 6) is 0.604. The third kappa shape index (κ3) is 5.73. The van der Waals surface area contributed by atoms with E-state index >= 15 is 0 Å². The van der Waals surface area contributed by atoms with Gasteiger partial charge >= 0.3 is 0 Å². The van der Waals surface area contributed by atoms with Crippen LogP contribution in [-0.4, -0.2) is 23.9 Å². The molecule has 2 rings (SSSR count). The smallest absolute Gasteiger partial charge is 0.0464 e. The lowest BCUT2D eigenvalue weighted by molar-refractivity contribution is 0.257. The number of anilines is 1. The van der Waals surface area contributed by atoms with Crippen LogP contribution in [0.15, 0.2) is 30.3 Å². The van der Waals surface area contributed by atoms with Crippen molar-refractivity contribution in [3.63, 3.8) is 0 Å². The molecule has 1 aliphatic carbocycles. The Hall–Kier alpha value is -1.06. The molecule has 0 bridgehead atoms. The molecular formula is C13H23NO2. The second kappa shape index (κ2) is 7.25. The van der Waals surface area contributed by atoms with E-state index in [9.17, 15) is 0 Å². The summed E-state index contributed by atoms with van der Waals surface area (Å²) < 4.78 is 0. The molecule has 0 aromatic heterocycles. The number of nitrogens with two attached hydrogens (primary N) is 1. The summed E-state index contributed by atoms with van der Waals surface area (Å²) in [6.45, 7) is 4.76. The fraction of sp³-hybridized carbons (Fsp3) is 0.538. The summed E-state index contributed by atoms with van der Waals surface area (Å²) in [6, 6.07) is 9.49. The van der Waals surface area contributed by atoms with Crippen molar-refractivity contribution < 1.29 is 10.2 Å². The Bertz CT molecular complexity index is 273. The molecule has 0 radical (unpaired) electrons. The van der Waals surface area contributed by atoms with Crippen molar-refractivity contribution in [2.75, 3.05) is 19.5 Å². The largest absolute Gasteiger partial charge is 0.400 e. The Morgan fingerprint density at radius 1 is 1.25 bits per heavy atom. The van der Waals surface area contributed by atoms with E-state index in [0.29, 0.717) is 17.9 Å². The lowest BCUT2D eigenvalue weighted by Crippen LogP contribution is -1.93. The van der Waals surface area contributed by atoms with E-state index in [1.165, 1.54) is 6.42 Å².